The molecule has 0 saturated heterocycles. The average Bonchev–Trinajstić information content (AvgIpc) is 3.00. The van der Waals surface area contributed by atoms with E-state index in [1.165, 1.54) is 55.6 Å². The zero-order chi connectivity index (χ0) is 33.0. The molecule has 0 radical (unpaired) electrons. The number of sulfonamides is 1. The van der Waals surface area contributed by atoms with E-state index in [1.54, 1.807) is 44.2 Å². The Morgan fingerprint density at radius 2 is 1.60 bits per heavy atom. The van der Waals surface area contributed by atoms with E-state index < -0.39 is 46.4 Å². The molecule has 3 aromatic carbocycles. The topological polar surface area (TPSA) is 181 Å². The smallest absolute Gasteiger partial charge is 0.497 e. The number of nitrogens with one attached hydrogen (secondary N) is 1. The van der Waals surface area contributed by atoms with Gasteiger partial charge >= 0.3 is 12.2 Å². The van der Waals surface area contributed by atoms with Crippen LogP contribution >= 0.6 is 0 Å². The Hall–Kier alpha value is -4.53. The minimum atomic E-state index is -4.20. The van der Waals surface area contributed by atoms with E-state index in [0.717, 1.165) is 9.87 Å². The van der Waals surface area contributed by atoms with Crippen LogP contribution in [-0.4, -0.2) is 74.1 Å². The summed E-state index contributed by atoms with van der Waals surface area (Å²) in [7, 11) is -2.74. The van der Waals surface area contributed by atoms with Crippen LogP contribution in [0.4, 0.5) is 15.3 Å². The van der Waals surface area contributed by atoms with E-state index in [2.05, 4.69) is 10.5 Å². The van der Waals surface area contributed by atoms with Crippen molar-refractivity contribution in [1.82, 2.24) is 9.62 Å². The van der Waals surface area contributed by atoms with Gasteiger partial charge in [-0.1, -0.05) is 44.2 Å². The van der Waals surface area contributed by atoms with Crippen LogP contribution in [0.1, 0.15) is 25.8 Å². The highest BCUT2D eigenvalue weighted by atomic mass is 32.2. The Morgan fingerprint density at radius 1 is 0.978 bits per heavy atom. The number of carbonyl (C=O) groups is 2. The molecule has 13 nitrogen and oxygen atoms in total. The molecule has 14 heteroatoms. The molecule has 0 saturated carbocycles. The molecule has 2 atom stereocenters. The van der Waals surface area contributed by atoms with Crippen molar-refractivity contribution in [3.63, 3.8) is 0 Å². The Bertz CT molecular complexity index is 1520. The number of ether oxygens (including phenoxy) is 3. The van der Waals surface area contributed by atoms with E-state index in [9.17, 15) is 33.1 Å². The number of carbonyl (C=O) groups excluding carboxylic acids is 1. The summed E-state index contributed by atoms with van der Waals surface area (Å²) >= 11 is 0. The lowest BCUT2D eigenvalue weighted by atomic mass is 9.89. The first-order chi connectivity index (χ1) is 21.3. The molecule has 0 bridgehead atoms. The fourth-order valence-corrected chi connectivity index (χ4v) is 6.10. The predicted octanol–water partition coefficient (Wildman–Crippen LogP) is 4.96. The summed E-state index contributed by atoms with van der Waals surface area (Å²) in [6.07, 6.45) is -3.43. The second-order valence-electron chi connectivity index (χ2n) is 11.0. The molecule has 0 aliphatic heterocycles. The van der Waals surface area contributed by atoms with Crippen LogP contribution in [0, 0.1) is 10.3 Å². The van der Waals surface area contributed by atoms with Crippen molar-refractivity contribution in [2.24, 2.45) is 10.6 Å². The fourth-order valence-electron chi connectivity index (χ4n) is 4.46. The maximum atomic E-state index is 13.9. The quantitative estimate of drug-likeness (QED) is 0.110. The lowest BCUT2D eigenvalue weighted by Crippen LogP contribution is -2.51. The number of nitrogens with zero attached hydrogens (tertiary/aromatic N) is 2. The summed E-state index contributed by atoms with van der Waals surface area (Å²) in [6.45, 7) is 2.89. The number of rotatable bonds is 16. The van der Waals surface area contributed by atoms with Crippen LogP contribution in [0.3, 0.4) is 0 Å². The number of amides is 1. The summed E-state index contributed by atoms with van der Waals surface area (Å²) < 4.78 is 44.3. The van der Waals surface area contributed by atoms with Gasteiger partial charge in [0.25, 0.3) is 0 Å². The maximum absolute atomic E-state index is 13.9. The van der Waals surface area contributed by atoms with Crippen molar-refractivity contribution in [2.45, 2.75) is 43.7 Å². The van der Waals surface area contributed by atoms with Crippen molar-refractivity contribution < 1.29 is 42.4 Å². The van der Waals surface area contributed by atoms with Crippen LogP contribution in [0.25, 0.3) is 0 Å². The summed E-state index contributed by atoms with van der Waals surface area (Å²) in [5.74, 6) is 0.604. The molecule has 0 aromatic heterocycles. The van der Waals surface area contributed by atoms with Crippen molar-refractivity contribution in [2.75, 3.05) is 26.8 Å². The van der Waals surface area contributed by atoms with Crippen LogP contribution in [-0.2, 0) is 21.2 Å². The molecule has 3 aromatic rings. The Balaban J connectivity index is 1.77. The highest BCUT2D eigenvalue weighted by Gasteiger charge is 2.35. The van der Waals surface area contributed by atoms with E-state index in [4.69, 9.17) is 14.2 Å². The first-order valence-electron chi connectivity index (χ1n) is 14.0. The molecule has 0 aliphatic carbocycles. The number of carboxylic acid groups (broad SMARTS) is 1. The third-order valence-electron chi connectivity index (χ3n) is 6.91. The van der Waals surface area contributed by atoms with Gasteiger partial charge in [0.05, 0.1) is 30.8 Å². The first kappa shape index (κ1) is 35.0. The van der Waals surface area contributed by atoms with Crippen LogP contribution in [0.2, 0.25) is 0 Å². The highest BCUT2D eigenvalue weighted by molar-refractivity contribution is 7.89. The third kappa shape index (κ3) is 10.8. The predicted molar refractivity (Wildman–Crippen MR) is 165 cm³/mol. The Morgan fingerprint density at radius 3 is 2.18 bits per heavy atom. The molecular formula is C31H37N3O10S. The number of hydrogen-bond donors (Lipinski definition) is 3. The standard InChI is InChI=1S/C31H37N3O10S/c1-31(2,17-18-43-30(38)44-25-11-9-23(33-39)10-12-25)21-34(45(40,41)26-15-13-24(42-3)14-16-26)20-28(35)27(32-29(36)37)19-22-7-5-4-6-8-22/h4-16,27-28,32,35H,17-21H2,1-3H3,(H,36,37)/t27-,28+/m0/s1. The normalized spacial score (nSPS) is 13.0. The molecule has 0 heterocycles. The van der Waals surface area contributed by atoms with Gasteiger partial charge in [-0.15, -0.1) is 4.91 Å². The summed E-state index contributed by atoms with van der Waals surface area (Å²) in [5, 5.41) is 25.8. The third-order valence-corrected chi connectivity index (χ3v) is 8.73. The molecule has 45 heavy (non-hydrogen) atoms. The molecule has 3 rings (SSSR count). The summed E-state index contributed by atoms with van der Waals surface area (Å²) in [5.41, 5.74) is 0.133. The SMILES string of the molecule is COc1ccc(S(=O)(=O)N(C[C@@H](O)[C@H](Cc2ccccc2)NC(=O)O)CC(C)(C)CCOC(=O)Oc2ccc(N=O)cc2)cc1. The number of nitroso groups, excluding NO2 is 1. The molecule has 0 aliphatic rings. The second kappa shape index (κ2) is 16.0. The van der Waals surface area contributed by atoms with E-state index >= 15 is 0 Å². The van der Waals surface area contributed by atoms with E-state index in [0.29, 0.717) is 5.75 Å². The zero-order valence-corrected chi connectivity index (χ0v) is 26.0. The molecular weight excluding hydrogens is 606 g/mol. The molecule has 0 unspecified atom stereocenters. The van der Waals surface area contributed by atoms with Crippen molar-refractivity contribution >= 4 is 28.0 Å². The minimum absolute atomic E-state index is 0.0484. The van der Waals surface area contributed by atoms with Crippen LogP contribution < -0.4 is 14.8 Å². The molecule has 0 fully saturated rings. The van der Waals surface area contributed by atoms with Crippen molar-refractivity contribution in [1.29, 1.82) is 0 Å². The average molecular weight is 644 g/mol. The number of aliphatic hydroxyl groups is 1. The van der Waals surface area contributed by atoms with Gasteiger partial charge in [0.1, 0.15) is 17.2 Å². The number of hydrogen-bond acceptors (Lipinski definition) is 10. The number of benzene rings is 3. The molecule has 1 amide bonds. The second-order valence-corrected chi connectivity index (χ2v) is 12.9. The summed E-state index contributed by atoms with van der Waals surface area (Å²) in [4.78, 5) is 34.3. The molecule has 242 valence electrons. The van der Waals surface area contributed by atoms with E-state index in [1.807, 2.05) is 0 Å². The van der Waals surface area contributed by atoms with Gasteiger partial charge in [0, 0.05) is 13.1 Å². The fraction of sp³-hybridized carbons (Fsp3) is 0.355. The monoisotopic (exact) mass is 643 g/mol. The van der Waals surface area contributed by atoms with Gasteiger partial charge in [0.15, 0.2) is 0 Å². The summed E-state index contributed by atoms with van der Waals surface area (Å²) in [6, 6.07) is 19.2. The van der Waals surface area contributed by atoms with Gasteiger partial charge in [-0.25, -0.2) is 18.0 Å². The lowest BCUT2D eigenvalue weighted by Gasteiger charge is -2.34. The lowest BCUT2D eigenvalue weighted by molar-refractivity contribution is 0.0734. The van der Waals surface area contributed by atoms with Gasteiger partial charge in [-0.05, 0) is 77.5 Å². The number of methoxy groups -OCH3 is 1. The molecule has 0 spiro atoms. The Kier molecular flexibility index (Phi) is 12.4. The zero-order valence-electron chi connectivity index (χ0n) is 25.2. The van der Waals surface area contributed by atoms with Gasteiger partial charge < -0.3 is 29.7 Å². The Labute approximate surface area is 261 Å². The van der Waals surface area contributed by atoms with Crippen molar-refractivity contribution in [3.8, 4) is 11.5 Å². The van der Waals surface area contributed by atoms with Gasteiger partial charge in [-0.2, -0.15) is 4.31 Å². The minimum Gasteiger partial charge on any atom is -0.497 e. The van der Waals surface area contributed by atoms with E-state index in [-0.39, 0.29) is 42.3 Å². The van der Waals surface area contributed by atoms with Crippen molar-refractivity contribution in [3.05, 3.63) is 89.3 Å². The van der Waals surface area contributed by atoms with Crippen LogP contribution in [0.15, 0.2) is 88.9 Å². The number of aliphatic hydroxyl groups excluding tert-OH is 1. The highest BCUT2D eigenvalue weighted by Crippen LogP contribution is 2.28. The maximum Gasteiger partial charge on any atom is 0.513 e. The van der Waals surface area contributed by atoms with Gasteiger partial charge in [-0.3, -0.25) is 0 Å². The first-order valence-corrected chi connectivity index (χ1v) is 15.4. The largest absolute Gasteiger partial charge is 0.513 e. The van der Waals surface area contributed by atoms with Crippen LogP contribution in [0.5, 0.6) is 11.5 Å². The molecule has 3 N–H and O–H groups in total. The van der Waals surface area contributed by atoms with Gasteiger partial charge in [0.2, 0.25) is 10.0 Å².